The number of amidine groups is 1. The van der Waals surface area contributed by atoms with Crippen LogP contribution in [-0.4, -0.2) is 25.8 Å². The maximum Gasteiger partial charge on any atom is 0.189 e. The number of oxime groups is 1. The monoisotopic (exact) mass is 263 g/mol. The molecule has 2 aromatic heterocycles. The molecule has 0 saturated carbocycles. The van der Waals surface area contributed by atoms with E-state index < -0.39 is 0 Å². The van der Waals surface area contributed by atoms with E-state index in [4.69, 9.17) is 10.9 Å². The highest BCUT2D eigenvalue weighted by atomic mass is 32.2. The highest BCUT2D eigenvalue weighted by Gasteiger charge is 2.08. The summed E-state index contributed by atoms with van der Waals surface area (Å²) in [6.45, 7) is 0. The predicted molar refractivity (Wildman–Crippen MR) is 69.5 cm³/mol. The largest absolute Gasteiger partial charge is 0.409 e. The molecule has 0 fully saturated rings. The highest BCUT2D eigenvalue weighted by molar-refractivity contribution is 7.98. The Morgan fingerprint density at radius 1 is 1.61 bits per heavy atom. The van der Waals surface area contributed by atoms with Gasteiger partial charge in [-0.1, -0.05) is 11.2 Å². The van der Waals surface area contributed by atoms with Crippen molar-refractivity contribution in [1.82, 2.24) is 14.8 Å². The van der Waals surface area contributed by atoms with Gasteiger partial charge in [-0.25, -0.2) is 0 Å². The first kappa shape index (κ1) is 12.4. The molecule has 6 nitrogen and oxygen atoms in total. The first-order chi connectivity index (χ1) is 8.70. The summed E-state index contributed by atoms with van der Waals surface area (Å²) in [6.07, 6.45) is 5.35. The second-order valence-corrected chi connectivity index (χ2v) is 4.68. The molecule has 0 aliphatic carbocycles. The van der Waals surface area contributed by atoms with Crippen LogP contribution in [0, 0.1) is 0 Å². The highest BCUT2D eigenvalue weighted by Crippen LogP contribution is 2.22. The third-order valence-corrected chi connectivity index (χ3v) is 3.32. The fourth-order valence-corrected chi connectivity index (χ4v) is 2.37. The number of aromatic nitrogens is 3. The van der Waals surface area contributed by atoms with Crippen LogP contribution in [0.2, 0.25) is 0 Å². The van der Waals surface area contributed by atoms with Crippen molar-refractivity contribution >= 4 is 17.6 Å². The predicted octanol–water partition coefficient (Wildman–Crippen LogP) is 1.20. The van der Waals surface area contributed by atoms with Crippen molar-refractivity contribution in [2.24, 2.45) is 17.9 Å². The van der Waals surface area contributed by atoms with Gasteiger partial charge in [-0.15, -0.1) is 11.8 Å². The minimum absolute atomic E-state index is 0.0254. The summed E-state index contributed by atoms with van der Waals surface area (Å²) in [5.41, 5.74) is 7.01. The van der Waals surface area contributed by atoms with E-state index in [1.54, 1.807) is 28.8 Å². The molecule has 3 N–H and O–H groups in total. The molecule has 0 aliphatic heterocycles. The molecule has 94 valence electrons. The standard InChI is InChI=1S/C11H13N5OS/c1-16-6-9(5-14-16)18-7-8-3-2-4-13-10(8)11(12)15-17/h2-6,17H,7H2,1H3,(H2,12,15). The molecule has 0 atom stereocenters. The van der Waals surface area contributed by atoms with Gasteiger partial charge in [0.2, 0.25) is 0 Å². The molecule has 0 bridgehead atoms. The number of aryl methyl sites for hydroxylation is 1. The molecule has 7 heteroatoms. The summed E-state index contributed by atoms with van der Waals surface area (Å²) >= 11 is 1.62. The molecule has 18 heavy (non-hydrogen) atoms. The van der Waals surface area contributed by atoms with Gasteiger partial charge in [0.15, 0.2) is 5.84 Å². The molecule has 0 spiro atoms. The summed E-state index contributed by atoms with van der Waals surface area (Å²) in [5, 5.41) is 15.8. The molecule has 0 aromatic carbocycles. The Balaban J connectivity index is 2.14. The van der Waals surface area contributed by atoms with Crippen molar-refractivity contribution in [3.63, 3.8) is 0 Å². The zero-order chi connectivity index (χ0) is 13.0. The lowest BCUT2D eigenvalue weighted by molar-refractivity contribution is 0.318. The van der Waals surface area contributed by atoms with E-state index in [0.717, 1.165) is 10.5 Å². The maximum atomic E-state index is 8.70. The lowest BCUT2D eigenvalue weighted by Crippen LogP contribution is -2.17. The van der Waals surface area contributed by atoms with Crippen molar-refractivity contribution in [1.29, 1.82) is 0 Å². The molecule has 2 heterocycles. The van der Waals surface area contributed by atoms with Gasteiger partial charge in [0, 0.05) is 30.1 Å². The SMILES string of the molecule is Cn1cc(SCc2cccnc2C(N)=NO)cn1. The Morgan fingerprint density at radius 3 is 3.11 bits per heavy atom. The van der Waals surface area contributed by atoms with Crippen LogP contribution in [0.1, 0.15) is 11.3 Å². The number of thioether (sulfide) groups is 1. The van der Waals surface area contributed by atoms with Gasteiger partial charge in [0.05, 0.1) is 6.20 Å². The Morgan fingerprint density at radius 2 is 2.44 bits per heavy atom. The van der Waals surface area contributed by atoms with Crippen molar-refractivity contribution in [3.8, 4) is 0 Å². The number of hydrogen-bond donors (Lipinski definition) is 2. The van der Waals surface area contributed by atoms with E-state index in [-0.39, 0.29) is 5.84 Å². The Hall–Kier alpha value is -2.02. The summed E-state index contributed by atoms with van der Waals surface area (Å²) in [5.74, 6) is 0.711. The first-order valence-corrected chi connectivity index (χ1v) is 6.22. The molecular formula is C11H13N5OS. The van der Waals surface area contributed by atoms with Crippen molar-refractivity contribution < 1.29 is 5.21 Å². The minimum atomic E-state index is 0.0254. The van der Waals surface area contributed by atoms with E-state index in [1.165, 1.54) is 0 Å². The van der Waals surface area contributed by atoms with Gasteiger partial charge in [-0.3, -0.25) is 9.67 Å². The number of rotatable bonds is 4. The summed E-state index contributed by atoms with van der Waals surface area (Å²) in [6, 6.07) is 3.73. The van der Waals surface area contributed by atoms with E-state index >= 15 is 0 Å². The van der Waals surface area contributed by atoms with E-state index in [0.29, 0.717) is 11.4 Å². The fraction of sp³-hybridized carbons (Fsp3) is 0.182. The molecule has 0 saturated heterocycles. The molecule has 2 aromatic rings. The second-order valence-electron chi connectivity index (χ2n) is 3.63. The third-order valence-electron chi connectivity index (χ3n) is 2.32. The Labute approximate surface area is 109 Å². The fourth-order valence-electron chi connectivity index (χ4n) is 1.47. The topological polar surface area (TPSA) is 89.3 Å². The summed E-state index contributed by atoms with van der Waals surface area (Å²) in [4.78, 5) is 5.18. The number of hydrogen-bond acceptors (Lipinski definition) is 5. The van der Waals surface area contributed by atoms with Gasteiger partial charge >= 0.3 is 0 Å². The quantitative estimate of drug-likeness (QED) is 0.284. The smallest absolute Gasteiger partial charge is 0.189 e. The number of nitrogens with zero attached hydrogens (tertiary/aromatic N) is 4. The van der Waals surface area contributed by atoms with Crippen LogP contribution in [0.15, 0.2) is 40.8 Å². The third kappa shape index (κ3) is 2.80. The van der Waals surface area contributed by atoms with Gasteiger partial charge in [0.1, 0.15) is 5.69 Å². The van der Waals surface area contributed by atoms with Gasteiger partial charge in [-0.2, -0.15) is 5.10 Å². The van der Waals surface area contributed by atoms with E-state index in [1.807, 2.05) is 25.4 Å². The van der Waals surface area contributed by atoms with Crippen molar-refractivity contribution in [2.75, 3.05) is 0 Å². The molecular weight excluding hydrogens is 250 g/mol. The molecule has 0 unspecified atom stereocenters. The van der Waals surface area contributed by atoms with Gasteiger partial charge < -0.3 is 10.9 Å². The van der Waals surface area contributed by atoms with Crippen LogP contribution < -0.4 is 5.73 Å². The average molecular weight is 263 g/mol. The Kier molecular flexibility index (Phi) is 3.83. The zero-order valence-corrected chi connectivity index (χ0v) is 10.6. The molecule has 0 aliphatic rings. The molecule has 2 rings (SSSR count). The van der Waals surface area contributed by atoms with Crippen LogP contribution in [0.3, 0.4) is 0 Å². The minimum Gasteiger partial charge on any atom is -0.409 e. The van der Waals surface area contributed by atoms with E-state index in [2.05, 4.69) is 15.2 Å². The van der Waals surface area contributed by atoms with Crippen LogP contribution in [-0.2, 0) is 12.8 Å². The molecule has 0 radical (unpaired) electrons. The van der Waals surface area contributed by atoms with Crippen LogP contribution in [0.4, 0.5) is 0 Å². The Bertz CT molecular complexity index is 566. The van der Waals surface area contributed by atoms with Crippen LogP contribution in [0.25, 0.3) is 0 Å². The van der Waals surface area contributed by atoms with Gasteiger partial charge in [-0.05, 0) is 11.6 Å². The van der Waals surface area contributed by atoms with Crippen LogP contribution >= 0.6 is 11.8 Å². The number of pyridine rings is 1. The average Bonchev–Trinajstić information content (AvgIpc) is 2.81. The van der Waals surface area contributed by atoms with E-state index in [9.17, 15) is 0 Å². The van der Waals surface area contributed by atoms with Crippen molar-refractivity contribution in [3.05, 3.63) is 42.0 Å². The van der Waals surface area contributed by atoms with Crippen LogP contribution in [0.5, 0.6) is 0 Å². The lowest BCUT2D eigenvalue weighted by atomic mass is 10.2. The van der Waals surface area contributed by atoms with Gasteiger partial charge in [0.25, 0.3) is 0 Å². The van der Waals surface area contributed by atoms with Crippen molar-refractivity contribution in [2.45, 2.75) is 10.6 Å². The molecule has 0 amide bonds. The lowest BCUT2D eigenvalue weighted by Gasteiger charge is -2.05. The normalized spacial score (nSPS) is 11.7. The summed E-state index contributed by atoms with van der Waals surface area (Å²) in [7, 11) is 1.87. The maximum absolute atomic E-state index is 8.70. The summed E-state index contributed by atoms with van der Waals surface area (Å²) < 4.78 is 1.75. The second kappa shape index (κ2) is 5.54. The zero-order valence-electron chi connectivity index (χ0n) is 9.82. The first-order valence-electron chi connectivity index (χ1n) is 5.24. The number of nitrogens with two attached hydrogens (primary N) is 1.